The standard InChI is InChI=1S/C21H17ClFN5OS/c1-12(18-11-19(29-27-18)16-10-14(22)2-5-17(16)23)30-21-26-25-20(28(21)15-3-4-15)13-6-8-24-9-7-13/h2,5-12,15H,3-4H2,1H3. The van der Waals surface area contributed by atoms with Crippen LogP contribution < -0.4 is 0 Å². The minimum absolute atomic E-state index is 0.0586. The second kappa shape index (κ2) is 7.85. The zero-order chi connectivity index (χ0) is 20.7. The number of thioether (sulfide) groups is 1. The topological polar surface area (TPSA) is 69.6 Å². The van der Waals surface area contributed by atoms with Gasteiger partial charge in [0.2, 0.25) is 0 Å². The quantitative estimate of drug-likeness (QED) is 0.343. The fourth-order valence-corrected chi connectivity index (χ4v) is 4.39. The van der Waals surface area contributed by atoms with Gasteiger partial charge in [0.05, 0.1) is 16.5 Å². The van der Waals surface area contributed by atoms with Crippen molar-refractivity contribution in [2.75, 3.05) is 0 Å². The van der Waals surface area contributed by atoms with Crippen LogP contribution >= 0.6 is 23.4 Å². The summed E-state index contributed by atoms with van der Waals surface area (Å²) in [7, 11) is 0. The van der Waals surface area contributed by atoms with Gasteiger partial charge >= 0.3 is 0 Å². The summed E-state index contributed by atoms with van der Waals surface area (Å²) in [5.41, 5.74) is 1.98. The van der Waals surface area contributed by atoms with Crippen molar-refractivity contribution >= 4 is 23.4 Å². The van der Waals surface area contributed by atoms with Crippen molar-refractivity contribution in [3.63, 3.8) is 0 Å². The van der Waals surface area contributed by atoms with Gasteiger partial charge in [-0.1, -0.05) is 28.5 Å². The van der Waals surface area contributed by atoms with Gasteiger partial charge in [0.15, 0.2) is 16.7 Å². The molecule has 6 nitrogen and oxygen atoms in total. The summed E-state index contributed by atoms with van der Waals surface area (Å²) >= 11 is 7.55. The maximum Gasteiger partial charge on any atom is 0.192 e. The summed E-state index contributed by atoms with van der Waals surface area (Å²) < 4.78 is 21.7. The summed E-state index contributed by atoms with van der Waals surface area (Å²) in [5, 5.41) is 14.2. The molecule has 0 aliphatic heterocycles. The Morgan fingerprint density at radius 1 is 1.17 bits per heavy atom. The van der Waals surface area contributed by atoms with E-state index in [-0.39, 0.29) is 5.25 Å². The van der Waals surface area contributed by atoms with Crippen LogP contribution in [0.2, 0.25) is 5.02 Å². The van der Waals surface area contributed by atoms with Gasteiger partial charge in [-0.3, -0.25) is 9.55 Å². The first-order valence-electron chi connectivity index (χ1n) is 9.54. The molecule has 1 saturated carbocycles. The highest BCUT2D eigenvalue weighted by molar-refractivity contribution is 7.99. The van der Waals surface area contributed by atoms with Crippen molar-refractivity contribution in [1.29, 1.82) is 0 Å². The predicted octanol–water partition coefficient (Wildman–Crippen LogP) is 5.98. The first kappa shape index (κ1) is 19.3. The van der Waals surface area contributed by atoms with Crippen molar-refractivity contribution < 1.29 is 8.91 Å². The number of hydrogen-bond donors (Lipinski definition) is 0. The summed E-state index contributed by atoms with van der Waals surface area (Å²) in [5.74, 6) is 0.785. The second-order valence-electron chi connectivity index (χ2n) is 7.14. The lowest BCUT2D eigenvalue weighted by Gasteiger charge is -2.11. The minimum Gasteiger partial charge on any atom is -0.356 e. The highest BCUT2D eigenvalue weighted by Crippen LogP contribution is 2.44. The van der Waals surface area contributed by atoms with E-state index in [4.69, 9.17) is 16.1 Å². The molecule has 1 fully saturated rings. The van der Waals surface area contributed by atoms with E-state index in [9.17, 15) is 4.39 Å². The molecule has 3 aromatic heterocycles. The molecule has 1 atom stereocenters. The number of rotatable bonds is 6. The molecule has 0 radical (unpaired) electrons. The smallest absolute Gasteiger partial charge is 0.192 e. The van der Waals surface area contributed by atoms with E-state index in [1.807, 2.05) is 19.1 Å². The van der Waals surface area contributed by atoms with Gasteiger partial charge in [0.25, 0.3) is 0 Å². The molecule has 4 aromatic rings. The Morgan fingerprint density at radius 3 is 2.73 bits per heavy atom. The molecule has 0 N–H and O–H groups in total. The van der Waals surface area contributed by atoms with E-state index in [0.29, 0.717) is 28.1 Å². The molecule has 5 rings (SSSR count). The van der Waals surface area contributed by atoms with Crippen LogP contribution in [0.25, 0.3) is 22.7 Å². The fourth-order valence-electron chi connectivity index (χ4n) is 3.23. The molecular formula is C21H17ClFN5OS. The largest absolute Gasteiger partial charge is 0.356 e. The number of aromatic nitrogens is 5. The lowest BCUT2D eigenvalue weighted by atomic mass is 10.1. The van der Waals surface area contributed by atoms with Crippen LogP contribution in [0.1, 0.15) is 36.8 Å². The Hall–Kier alpha value is -2.71. The molecule has 3 heterocycles. The highest BCUT2D eigenvalue weighted by atomic mass is 35.5. The van der Waals surface area contributed by atoms with Gasteiger partial charge in [-0.05, 0) is 50.1 Å². The van der Waals surface area contributed by atoms with Crippen LogP contribution in [0.15, 0.2) is 58.5 Å². The molecule has 0 bridgehead atoms. The Kier molecular flexibility index (Phi) is 5.04. The third-order valence-electron chi connectivity index (χ3n) is 4.94. The molecule has 0 amide bonds. The average Bonchev–Trinajstić information content (AvgIpc) is 3.31. The number of benzene rings is 1. The number of pyridine rings is 1. The Balaban J connectivity index is 1.41. The molecular weight excluding hydrogens is 425 g/mol. The lowest BCUT2D eigenvalue weighted by molar-refractivity contribution is 0.421. The third kappa shape index (κ3) is 3.73. The number of nitrogens with zero attached hydrogens (tertiary/aromatic N) is 5. The molecule has 1 aliphatic rings. The normalized spacial score (nSPS) is 14.8. The van der Waals surface area contributed by atoms with E-state index < -0.39 is 5.82 Å². The van der Waals surface area contributed by atoms with Gasteiger partial charge in [-0.15, -0.1) is 10.2 Å². The van der Waals surface area contributed by atoms with Gasteiger partial charge in [-0.25, -0.2) is 4.39 Å². The van der Waals surface area contributed by atoms with Crippen LogP contribution in [-0.4, -0.2) is 24.9 Å². The molecule has 9 heteroatoms. The van der Waals surface area contributed by atoms with E-state index in [1.165, 1.54) is 18.2 Å². The summed E-state index contributed by atoms with van der Waals surface area (Å²) in [6, 6.07) is 10.4. The average molecular weight is 442 g/mol. The van der Waals surface area contributed by atoms with Crippen molar-refractivity contribution in [3.05, 3.63) is 65.3 Å². The number of halogens is 2. The Bertz CT molecular complexity index is 1190. The van der Waals surface area contributed by atoms with E-state index in [1.54, 1.807) is 30.2 Å². The number of hydrogen-bond acceptors (Lipinski definition) is 6. The zero-order valence-electron chi connectivity index (χ0n) is 16.0. The zero-order valence-corrected chi connectivity index (χ0v) is 17.6. The predicted molar refractivity (Wildman–Crippen MR) is 113 cm³/mol. The van der Waals surface area contributed by atoms with Crippen LogP contribution in [0.4, 0.5) is 4.39 Å². The van der Waals surface area contributed by atoms with Crippen LogP contribution in [0, 0.1) is 5.82 Å². The van der Waals surface area contributed by atoms with E-state index >= 15 is 0 Å². The summed E-state index contributed by atoms with van der Waals surface area (Å²) in [4.78, 5) is 4.08. The van der Waals surface area contributed by atoms with Crippen molar-refractivity contribution in [2.24, 2.45) is 0 Å². The van der Waals surface area contributed by atoms with Crippen LogP contribution in [0.5, 0.6) is 0 Å². The first-order valence-corrected chi connectivity index (χ1v) is 10.8. The monoisotopic (exact) mass is 441 g/mol. The Labute approximate surface area is 181 Å². The molecule has 30 heavy (non-hydrogen) atoms. The maximum absolute atomic E-state index is 14.1. The maximum atomic E-state index is 14.1. The van der Waals surface area contributed by atoms with Gasteiger partial charge in [0, 0.05) is 35.1 Å². The third-order valence-corrected chi connectivity index (χ3v) is 6.26. The molecule has 152 valence electrons. The van der Waals surface area contributed by atoms with Crippen molar-refractivity contribution in [3.8, 4) is 22.7 Å². The Morgan fingerprint density at radius 2 is 1.97 bits per heavy atom. The van der Waals surface area contributed by atoms with Gasteiger partial charge in [0.1, 0.15) is 5.82 Å². The lowest BCUT2D eigenvalue weighted by Crippen LogP contribution is -2.01. The summed E-state index contributed by atoms with van der Waals surface area (Å²) in [6.07, 6.45) is 5.73. The van der Waals surface area contributed by atoms with E-state index in [2.05, 4.69) is 24.9 Å². The molecule has 1 aliphatic carbocycles. The first-order chi connectivity index (χ1) is 14.6. The fraction of sp³-hybridized carbons (Fsp3) is 0.238. The van der Waals surface area contributed by atoms with Gasteiger partial charge < -0.3 is 4.52 Å². The van der Waals surface area contributed by atoms with Gasteiger partial charge in [-0.2, -0.15) is 0 Å². The molecule has 0 saturated heterocycles. The second-order valence-corrected chi connectivity index (χ2v) is 8.89. The SMILES string of the molecule is CC(Sc1nnc(-c2ccncc2)n1C1CC1)c1cc(-c2cc(Cl)ccc2F)on1. The molecule has 0 spiro atoms. The van der Waals surface area contributed by atoms with Crippen LogP contribution in [-0.2, 0) is 0 Å². The molecule has 1 aromatic carbocycles. The minimum atomic E-state index is -0.405. The summed E-state index contributed by atoms with van der Waals surface area (Å²) in [6.45, 7) is 2.01. The highest BCUT2D eigenvalue weighted by Gasteiger charge is 2.31. The van der Waals surface area contributed by atoms with E-state index in [0.717, 1.165) is 29.4 Å². The molecule has 1 unspecified atom stereocenters. The van der Waals surface area contributed by atoms with Crippen molar-refractivity contribution in [1.82, 2.24) is 24.9 Å². The van der Waals surface area contributed by atoms with Crippen LogP contribution in [0.3, 0.4) is 0 Å². The van der Waals surface area contributed by atoms with Crippen molar-refractivity contribution in [2.45, 2.75) is 36.2 Å².